The van der Waals surface area contributed by atoms with Crippen LogP contribution in [-0.4, -0.2) is 29.8 Å². The molecule has 2 rings (SSSR count). The highest BCUT2D eigenvalue weighted by atomic mass is 32.2. The summed E-state index contributed by atoms with van der Waals surface area (Å²) in [5.41, 5.74) is 0. The molecule has 0 spiro atoms. The third kappa shape index (κ3) is 3.34. The Balaban J connectivity index is 2.35. The molecule has 21 heavy (non-hydrogen) atoms. The van der Waals surface area contributed by atoms with Gasteiger partial charge in [-0.2, -0.15) is 4.31 Å². The molecule has 0 saturated carbocycles. The maximum atomic E-state index is 12.6. The SMILES string of the molecule is CC(C)N(Cc1cccs1)S(=O)(=O)c1ccc(C(=O)O)o1. The molecule has 0 aromatic carbocycles. The van der Waals surface area contributed by atoms with Gasteiger partial charge in [0.15, 0.2) is 0 Å². The van der Waals surface area contributed by atoms with Crippen LogP contribution in [0.15, 0.2) is 39.2 Å². The molecule has 2 aromatic rings. The summed E-state index contributed by atoms with van der Waals surface area (Å²) in [6.45, 7) is 3.74. The lowest BCUT2D eigenvalue weighted by molar-refractivity contribution is 0.0656. The average molecular weight is 329 g/mol. The van der Waals surface area contributed by atoms with Gasteiger partial charge in [-0.3, -0.25) is 0 Å². The number of hydrogen-bond donors (Lipinski definition) is 1. The smallest absolute Gasteiger partial charge is 0.371 e. The van der Waals surface area contributed by atoms with Crippen molar-refractivity contribution in [1.82, 2.24) is 4.31 Å². The zero-order valence-electron chi connectivity index (χ0n) is 11.5. The van der Waals surface area contributed by atoms with Crippen LogP contribution < -0.4 is 0 Å². The predicted molar refractivity (Wildman–Crippen MR) is 77.9 cm³/mol. The molecule has 0 aliphatic rings. The van der Waals surface area contributed by atoms with Crippen LogP contribution in [0.4, 0.5) is 0 Å². The summed E-state index contributed by atoms with van der Waals surface area (Å²) in [6.07, 6.45) is 0. The van der Waals surface area contributed by atoms with Crippen LogP contribution in [0.5, 0.6) is 0 Å². The van der Waals surface area contributed by atoms with Crippen molar-refractivity contribution in [2.45, 2.75) is 31.5 Å². The van der Waals surface area contributed by atoms with Crippen molar-refractivity contribution >= 4 is 27.3 Å². The molecule has 1 N–H and O–H groups in total. The van der Waals surface area contributed by atoms with Gasteiger partial charge in [0.25, 0.3) is 10.0 Å². The Hall–Kier alpha value is -1.64. The molecule has 0 radical (unpaired) electrons. The van der Waals surface area contributed by atoms with Gasteiger partial charge in [0.2, 0.25) is 10.9 Å². The first-order valence-corrected chi connectivity index (χ1v) is 8.51. The number of aromatic carboxylic acids is 1. The summed E-state index contributed by atoms with van der Waals surface area (Å²) < 4.78 is 31.4. The van der Waals surface area contributed by atoms with Gasteiger partial charge >= 0.3 is 5.97 Å². The second-order valence-electron chi connectivity index (χ2n) is 4.65. The molecule has 0 unspecified atom stereocenters. The third-order valence-electron chi connectivity index (χ3n) is 2.82. The van der Waals surface area contributed by atoms with Crippen LogP contribution in [0.2, 0.25) is 0 Å². The van der Waals surface area contributed by atoms with Crippen LogP contribution in [0.1, 0.15) is 29.3 Å². The Morgan fingerprint density at radius 2 is 2.10 bits per heavy atom. The summed E-state index contributed by atoms with van der Waals surface area (Å²) >= 11 is 1.46. The quantitative estimate of drug-likeness (QED) is 0.880. The van der Waals surface area contributed by atoms with Crippen LogP contribution >= 0.6 is 11.3 Å². The van der Waals surface area contributed by atoms with Gasteiger partial charge < -0.3 is 9.52 Å². The lowest BCUT2D eigenvalue weighted by atomic mass is 10.4. The van der Waals surface area contributed by atoms with E-state index in [4.69, 9.17) is 9.52 Å². The van der Waals surface area contributed by atoms with Gasteiger partial charge in [-0.05, 0) is 37.4 Å². The van der Waals surface area contributed by atoms with Crippen molar-refractivity contribution < 1.29 is 22.7 Å². The minimum absolute atomic E-state index is 0.223. The summed E-state index contributed by atoms with van der Waals surface area (Å²) in [4.78, 5) is 11.7. The molecule has 0 bridgehead atoms. The summed E-state index contributed by atoms with van der Waals surface area (Å²) in [7, 11) is -3.88. The molecular formula is C13H15NO5S2. The third-order valence-corrected chi connectivity index (χ3v) is 5.58. The summed E-state index contributed by atoms with van der Waals surface area (Å²) in [5.74, 6) is -1.70. The normalized spacial score (nSPS) is 12.2. The zero-order chi connectivity index (χ0) is 15.6. The highest BCUT2D eigenvalue weighted by molar-refractivity contribution is 7.89. The van der Waals surface area contributed by atoms with Crippen molar-refractivity contribution in [3.05, 3.63) is 40.3 Å². The van der Waals surface area contributed by atoms with E-state index in [2.05, 4.69) is 0 Å². The van der Waals surface area contributed by atoms with E-state index in [9.17, 15) is 13.2 Å². The van der Waals surface area contributed by atoms with Crippen LogP contribution in [0, 0.1) is 0 Å². The Morgan fingerprint density at radius 3 is 2.57 bits per heavy atom. The standard InChI is InChI=1S/C13H15NO5S2/c1-9(2)14(8-10-4-3-7-20-10)21(17,18)12-6-5-11(19-12)13(15)16/h3-7,9H,8H2,1-2H3,(H,15,16). The van der Waals surface area contributed by atoms with Crippen molar-refractivity contribution in [3.63, 3.8) is 0 Å². The highest BCUT2D eigenvalue weighted by Crippen LogP contribution is 2.24. The fourth-order valence-electron chi connectivity index (χ4n) is 1.79. The molecule has 0 aliphatic carbocycles. The maximum absolute atomic E-state index is 12.6. The molecule has 0 aliphatic heterocycles. The van der Waals surface area contributed by atoms with Gasteiger partial charge in [-0.25, -0.2) is 13.2 Å². The average Bonchev–Trinajstić information content (AvgIpc) is 3.06. The van der Waals surface area contributed by atoms with E-state index in [1.54, 1.807) is 13.8 Å². The molecule has 0 fully saturated rings. The molecule has 2 aromatic heterocycles. The second-order valence-corrected chi connectivity index (χ2v) is 7.50. The molecule has 114 valence electrons. The van der Waals surface area contributed by atoms with E-state index in [1.165, 1.54) is 21.7 Å². The van der Waals surface area contributed by atoms with E-state index in [-0.39, 0.29) is 17.7 Å². The molecular weight excluding hydrogens is 314 g/mol. The molecule has 0 atom stereocenters. The Labute approximate surface area is 126 Å². The summed E-state index contributed by atoms with van der Waals surface area (Å²) in [6, 6.07) is 5.72. The number of carboxylic acids is 1. The summed E-state index contributed by atoms with van der Waals surface area (Å²) in [5, 5.41) is 10.3. The van der Waals surface area contributed by atoms with Gasteiger partial charge in [0, 0.05) is 17.5 Å². The first-order chi connectivity index (χ1) is 9.82. The molecule has 6 nitrogen and oxygen atoms in total. The van der Waals surface area contributed by atoms with Gasteiger partial charge in [0.1, 0.15) is 0 Å². The molecule has 2 heterocycles. The minimum atomic E-state index is -3.88. The number of thiophene rings is 1. The molecule has 8 heteroatoms. The van der Waals surface area contributed by atoms with Crippen LogP contribution in [0.3, 0.4) is 0 Å². The molecule has 0 amide bonds. The Kier molecular flexibility index (Phi) is 4.50. The fourth-order valence-corrected chi connectivity index (χ4v) is 4.11. The lowest BCUT2D eigenvalue weighted by Gasteiger charge is -2.24. The van der Waals surface area contributed by atoms with Crippen LogP contribution in [0.25, 0.3) is 0 Å². The Morgan fingerprint density at radius 1 is 1.38 bits per heavy atom. The van der Waals surface area contributed by atoms with Crippen molar-refractivity contribution in [2.75, 3.05) is 0 Å². The number of carboxylic acid groups (broad SMARTS) is 1. The number of furan rings is 1. The second kappa shape index (κ2) is 6.00. The van der Waals surface area contributed by atoms with Crippen LogP contribution in [-0.2, 0) is 16.6 Å². The van der Waals surface area contributed by atoms with E-state index in [0.29, 0.717) is 0 Å². The van der Waals surface area contributed by atoms with Crippen molar-refractivity contribution in [1.29, 1.82) is 0 Å². The van der Waals surface area contributed by atoms with Crippen molar-refractivity contribution in [3.8, 4) is 0 Å². The zero-order valence-corrected chi connectivity index (χ0v) is 13.1. The monoisotopic (exact) mass is 329 g/mol. The van der Waals surface area contributed by atoms with E-state index in [0.717, 1.165) is 10.9 Å². The van der Waals surface area contributed by atoms with Gasteiger partial charge in [0.05, 0.1) is 0 Å². The van der Waals surface area contributed by atoms with Crippen molar-refractivity contribution in [2.24, 2.45) is 0 Å². The number of hydrogen-bond acceptors (Lipinski definition) is 5. The number of rotatable bonds is 6. The van der Waals surface area contributed by atoms with Gasteiger partial charge in [-0.1, -0.05) is 6.07 Å². The predicted octanol–water partition coefficient (Wildman–Crippen LogP) is 2.64. The first kappa shape index (κ1) is 15.7. The molecule has 0 saturated heterocycles. The van der Waals surface area contributed by atoms with E-state index >= 15 is 0 Å². The topological polar surface area (TPSA) is 87.8 Å². The fraction of sp³-hybridized carbons (Fsp3) is 0.308. The largest absolute Gasteiger partial charge is 0.475 e. The first-order valence-electron chi connectivity index (χ1n) is 6.19. The van der Waals surface area contributed by atoms with E-state index in [1.807, 2.05) is 17.5 Å². The van der Waals surface area contributed by atoms with E-state index < -0.39 is 21.8 Å². The number of carbonyl (C=O) groups is 1. The Bertz CT molecular complexity index is 716. The lowest BCUT2D eigenvalue weighted by Crippen LogP contribution is -2.36. The minimum Gasteiger partial charge on any atom is -0.475 e. The van der Waals surface area contributed by atoms with Gasteiger partial charge in [-0.15, -0.1) is 11.3 Å². The maximum Gasteiger partial charge on any atom is 0.371 e. The number of sulfonamides is 1. The highest BCUT2D eigenvalue weighted by Gasteiger charge is 2.31. The number of nitrogens with zero attached hydrogens (tertiary/aromatic N) is 1.